The number of halogens is 2. The second-order valence-corrected chi connectivity index (χ2v) is 12.2. The molecule has 10 nitrogen and oxygen atoms in total. The van der Waals surface area contributed by atoms with Crippen LogP contribution in [-0.2, 0) is 29.9 Å². The summed E-state index contributed by atoms with van der Waals surface area (Å²) in [6, 6.07) is 17.2. The van der Waals surface area contributed by atoms with E-state index in [1.807, 2.05) is 0 Å². The summed E-state index contributed by atoms with van der Waals surface area (Å²) in [7, 11) is -1.20. The average molecular weight is 608 g/mol. The molecule has 0 aliphatic carbocycles. The quantitative estimate of drug-likeness (QED) is 0.196. The van der Waals surface area contributed by atoms with Crippen molar-refractivity contribution in [2.24, 2.45) is 0 Å². The molecule has 0 bridgehead atoms. The number of pyridine rings is 1. The molecule has 1 amide bonds. The summed E-state index contributed by atoms with van der Waals surface area (Å²) >= 11 is 0.996. The Labute approximate surface area is 240 Å². The number of hydrogen-bond acceptors (Lipinski definition) is 8. The van der Waals surface area contributed by atoms with E-state index >= 15 is 0 Å². The molecule has 1 fully saturated rings. The Hall–Kier alpha value is -3.59. The second-order valence-electron chi connectivity index (χ2n) is 9.16. The number of hydrogen-bond donors (Lipinski definition) is 0. The predicted molar refractivity (Wildman–Crippen MR) is 145 cm³/mol. The van der Waals surface area contributed by atoms with Gasteiger partial charge in [-0.15, -0.1) is 11.8 Å². The lowest BCUT2D eigenvalue weighted by Crippen LogP contribution is -2.49. The van der Waals surface area contributed by atoms with Gasteiger partial charge in [0, 0.05) is 44.1 Å². The molecule has 0 N–H and O–H groups in total. The van der Waals surface area contributed by atoms with Gasteiger partial charge in [0.15, 0.2) is 11.6 Å². The largest absolute Gasteiger partial charge is 0.618 e. The Morgan fingerprint density at radius 2 is 1.83 bits per heavy atom. The summed E-state index contributed by atoms with van der Waals surface area (Å²) in [4.78, 5) is 26.8. The maximum Gasteiger partial charge on any atom is 0.346 e. The van der Waals surface area contributed by atoms with Crippen LogP contribution in [0.4, 0.5) is 8.78 Å². The molecule has 1 saturated heterocycles. The van der Waals surface area contributed by atoms with Crippen molar-refractivity contribution in [3.05, 3.63) is 101 Å². The number of esters is 1. The number of nitrogens with zero attached hydrogens (tertiary/aromatic N) is 3. The van der Waals surface area contributed by atoms with Crippen molar-refractivity contribution in [1.29, 1.82) is 0 Å². The van der Waals surface area contributed by atoms with Crippen LogP contribution in [0, 0.1) is 5.21 Å². The van der Waals surface area contributed by atoms with Gasteiger partial charge >= 0.3 is 12.6 Å². The molecule has 1 aliphatic rings. The number of benzene rings is 2. The molecule has 0 radical (unpaired) electrons. The number of carbonyl (C=O) groups excluding carboxylic acids is 2. The van der Waals surface area contributed by atoms with Crippen LogP contribution in [-0.4, -0.2) is 74.5 Å². The lowest BCUT2D eigenvalue weighted by molar-refractivity contribution is -0.623. The fourth-order valence-electron chi connectivity index (χ4n) is 4.38. The zero-order valence-electron chi connectivity index (χ0n) is 22.1. The smallest absolute Gasteiger partial charge is 0.346 e. The third-order valence-electron chi connectivity index (χ3n) is 6.33. The molecular formula is C27H27F2N3O7S2. The molecule has 4 rings (SSSR count). The molecule has 14 heteroatoms. The zero-order valence-corrected chi connectivity index (χ0v) is 23.7. The van der Waals surface area contributed by atoms with E-state index in [0.717, 1.165) is 22.3 Å². The van der Waals surface area contributed by atoms with Crippen molar-refractivity contribution in [1.82, 2.24) is 9.21 Å². The highest BCUT2D eigenvalue weighted by Gasteiger charge is 2.48. The summed E-state index contributed by atoms with van der Waals surface area (Å²) in [5.74, 6) is -1.17. The molecular weight excluding hydrogens is 580 g/mol. The average Bonchev–Trinajstić information content (AvgIpc) is 3.47. The van der Waals surface area contributed by atoms with E-state index in [1.54, 1.807) is 18.2 Å². The number of alkyl halides is 2. The monoisotopic (exact) mass is 607 g/mol. The van der Waals surface area contributed by atoms with E-state index in [4.69, 9.17) is 9.47 Å². The SMILES string of the molecule is CN(C)C(=O)c1cccc(S(=O)(=O)N2CCS[C@@H]2C(=O)OCC(OC(F)F)(c2ccccc2)c2cccc[n+]2[O-])c1. The van der Waals surface area contributed by atoms with Gasteiger partial charge in [0.2, 0.25) is 21.3 Å². The van der Waals surface area contributed by atoms with E-state index in [-0.39, 0.29) is 34.0 Å². The number of ether oxygens (including phenoxy) is 2. The fraction of sp³-hybridized carbons (Fsp3) is 0.296. The summed E-state index contributed by atoms with van der Waals surface area (Å²) in [6.45, 7) is -4.23. The Morgan fingerprint density at radius 1 is 1.12 bits per heavy atom. The first-order chi connectivity index (χ1) is 19.5. The molecule has 2 atom stereocenters. The number of sulfonamides is 1. The van der Waals surface area contributed by atoms with Crippen molar-refractivity contribution in [3.8, 4) is 0 Å². The molecule has 1 aromatic heterocycles. The minimum Gasteiger partial charge on any atom is -0.618 e. The number of thioether (sulfide) groups is 1. The molecule has 0 spiro atoms. The van der Waals surface area contributed by atoms with Gasteiger partial charge in [-0.2, -0.15) is 17.8 Å². The van der Waals surface area contributed by atoms with Gasteiger partial charge in [0.1, 0.15) is 6.61 Å². The molecule has 3 aromatic rings. The third-order valence-corrected chi connectivity index (χ3v) is 9.51. The predicted octanol–water partition coefficient (Wildman–Crippen LogP) is 2.81. The second kappa shape index (κ2) is 12.5. The van der Waals surface area contributed by atoms with Gasteiger partial charge in [0.05, 0.1) is 4.90 Å². The van der Waals surface area contributed by atoms with Crippen LogP contribution in [0.5, 0.6) is 0 Å². The molecule has 1 unspecified atom stereocenters. The van der Waals surface area contributed by atoms with Crippen LogP contribution in [0.1, 0.15) is 21.6 Å². The van der Waals surface area contributed by atoms with Gasteiger partial charge in [-0.3, -0.25) is 9.53 Å². The number of aromatic nitrogens is 1. The number of carbonyl (C=O) groups is 2. The van der Waals surface area contributed by atoms with Crippen molar-refractivity contribution < 1.29 is 41.0 Å². The third kappa shape index (κ3) is 6.35. The Kier molecular flexibility index (Phi) is 9.27. The Bertz CT molecular complexity index is 1510. The first kappa shape index (κ1) is 30.4. The van der Waals surface area contributed by atoms with Crippen LogP contribution < -0.4 is 4.73 Å². The van der Waals surface area contributed by atoms with Crippen molar-refractivity contribution in [2.45, 2.75) is 22.5 Å². The fourth-order valence-corrected chi connectivity index (χ4v) is 7.49. The summed E-state index contributed by atoms with van der Waals surface area (Å²) < 4.78 is 66.5. The first-order valence-corrected chi connectivity index (χ1v) is 14.8. The van der Waals surface area contributed by atoms with Gasteiger partial charge in [-0.1, -0.05) is 36.4 Å². The van der Waals surface area contributed by atoms with E-state index < -0.39 is 46.1 Å². The highest BCUT2D eigenvalue weighted by atomic mass is 32.2. The molecule has 0 saturated carbocycles. The van der Waals surface area contributed by atoms with Crippen molar-refractivity contribution in [2.75, 3.05) is 33.0 Å². The van der Waals surface area contributed by atoms with Gasteiger partial charge in [0.25, 0.3) is 5.91 Å². The standard InChI is InChI=1S/C27H27F2N3O7S2/c1-30(2)23(33)19-9-8-12-21(17-19)41(36,37)32-15-16-40-24(32)25(34)38-18-27(39-26(28)29,20-10-4-3-5-11-20)22-13-6-7-14-31(22)35/h3-14,17,24,26H,15-16,18H2,1-2H3/t24-,27?/m1/s1. The van der Waals surface area contributed by atoms with Gasteiger partial charge < -0.3 is 14.8 Å². The maximum absolute atomic E-state index is 13.8. The molecule has 1 aliphatic heterocycles. The van der Waals surface area contributed by atoms with Crippen LogP contribution in [0.2, 0.25) is 0 Å². The maximum atomic E-state index is 13.8. The number of rotatable bonds is 10. The lowest BCUT2D eigenvalue weighted by Gasteiger charge is -2.32. The zero-order chi connectivity index (χ0) is 29.8. The van der Waals surface area contributed by atoms with Crippen LogP contribution in [0.3, 0.4) is 0 Å². The van der Waals surface area contributed by atoms with Crippen molar-refractivity contribution in [3.63, 3.8) is 0 Å². The normalized spacial score (nSPS) is 17.2. The molecule has 218 valence electrons. The number of amides is 1. The van der Waals surface area contributed by atoms with E-state index in [2.05, 4.69) is 0 Å². The minimum atomic E-state index is -4.26. The lowest BCUT2D eigenvalue weighted by atomic mass is 9.90. The van der Waals surface area contributed by atoms with Gasteiger partial charge in [-0.05, 0) is 29.8 Å². The summed E-state index contributed by atoms with van der Waals surface area (Å²) in [5, 5.41) is 11.4. The van der Waals surface area contributed by atoms with E-state index in [0.29, 0.717) is 4.73 Å². The van der Waals surface area contributed by atoms with Crippen LogP contribution >= 0.6 is 11.8 Å². The van der Waals surface area contributed by atoms with E-state index in [9.17, 15) is 32.0 Å². The first-order valence-electron chi connectivity index (χ1n) is 12.3. The molecule has 2 heterocycles. The highest BCUT2D eigenvalue weighted by molar-refractivity contribution is 8.02. The summed E-state index contributed by atoms with van der Waals surface area (Å²) in [5.41, 5.74) is -2.20. The summed E-state index contributed by atoms with van der Waals surface area (Å²) in [6.07, 6.45) is 1.10. The molecule has 41 heavy (non-hydrogen) atoms. The highest BCUT2D eigenvalue weighted by Crippen LogP contribution is 2.36. The van der Waals surface area contributed by atoms with Crippen LogP contribution in [0.25, 0.3) is 0 Å². The topological polar surface area (TPSA) is 120 Å². The Morgan fingerprint density at radius 3 is 2.49 bits per heavy atom. The molecule has 2 aromatic carbocycles. The Balaban J connectivity index is 1.65. The van der Waals surface area contributed by atoms with Crippen molar-refractivity contribution >= 4 is 33.7 Å². The van der Waals surface area contributed by atoms with Crippen LogP contribution in [0.15, 0.2) is 83.9 Å². The van der Waals surface area contributed by atoms with E-state index in [1.165, 1.54) is 73.6 Å². The minimum absolute atomic E-state index is 0.0325. The van der Waals surface area contributed by atoms with Gasteiger partial charge in [-0.25, -0.2) is 13.2 Å².